The second-order valence-electron chi connectivity index (χ2n) is 5.77. The van der Waals surface area contributed by atoms with Gasteiger partial charge in [-0.1, -0.05) is 13.0 Å². The summed E-state index contributed by atoms with van der Waals surface area (Å²) in [6.45, 7) is 3.96. The van der Waals surface area contributed by atoms with E-state index < -0.39 is 0 Å². The van der Waals surface area contributed by atoms with E-state index in [1.165, 1.54) is 5.56 Å². The number of nitrogens with one attached hydrogen (secondary N) is 1. The first-order valence-electron chi connectivity index (χ1n) is 7.74. The lowest BCUT2D eigenvalue weighted by Crippen LogP contribution is -2.23. The molecule has 0 saturated carbocycles. The van der Waals surface area contributed by atoms with Crippen LogP contribution in [0.1, 0.15) is 60.4 Å². The minimum absolute atomic E-state index is 0.00787. The standard InChI is InChI=1S/C17H21N3O/c1-3-6-14-19-15(11(2)17(21)20-14)13-9-4-7-12-8-5-10-18-16(12)13/h5,8,10,13H,3-4,6-7,9H2,1-2H3,(H,19,20,21). The van der Waals surface area contributed by atoms with E-state index in [4.69, 9.17) is 4.98 Å². The molecule has 0 spiro atoms. The lowest BCUT2D eigenvalue weighted by atomic mass is 9.83. The van der Waals surface area contributed by atoms with E-state index in [9.17, 15) is 4.79 Å². The zero-order valence-electron chi connectivity index (χ0n) is 12.6. The van der Waals surface area contributed by atoms with Crippen LogP contribution in [0.25, 0.3) is 0 Å². The van der Waals surface area contributed by atoms with Crippen molar-refractivity contribution in [3.05, 3.63) is 57.0 Å². The number of nitrogens with zero attached hydrogens (tertiary/aromatic N) is 2. The normalized spacial score (nSPS) is 17.5. The molecule has 3 rings (SSSR count). The second kappa shape index (κ2) is 5.80. The maximum Gasteiger partial charge on any atom is 0.254 e. The molecule has 1 aliphatic rings. The number of aryl methyl sites for hydroxylation is 2. The van der Waals surface area contributed by atoms with E-state index in [2.05, 4.69) is 23.0 Å². The fourth-order valence-corrected chi connectivity index (χ4v) is 3.17. The Morgan fingerprint density at radius 2 is 2.24 bits per heavy atom. The van der Waals surface area contributed by atoms with E-state index in [1.807, 2.05) is 19.2 Å². The smallest absolute Gasteiger partial charge is 0.254 e. The fourth-order valence-electron chi connectivity index (χ4n) is 3.17. The molecular formula is C17H21N3O. The first-order valence-corrected chi connectivity index (χ1v) is 7.74. The predicted molar refractivity (Wildman–Crippen MR) is 82.6 cm³/mol. The number of aromatic amines is 1. The van der Waals surface area contributed by atoms with Crippen LogP contribution in [0.4, 0.5) is 0 Å². The topological polar surface area (TPSA) is 58.6 Å². The van der Waals surface area contributed by atoms with Gasteiger partial charge in [0.1, 0.15) is 5.82 Å². The number of H-pyrrole nitrogens is 1. The Labute approximate surface area is 124 Å². The van der Waals surface area contributed by atoms with Gasteiger partial charge >= 0.3 is 0 Å². The summed E-state index contributed by atoms with van der Waals surface area (Å²) in [7, 11) is 0. The fraction of sp³-hybridized carbons (Fsp3) is 0.471. The average Bonchev–Trinajstić information content (AvgIpc) is 2.50. The summed E-state index contributed by atoms with van der Waals surface area (Å²) in [6, 6.07) is 4.13. The summed E-state index contributed by atoms with van der Waals surface area (Å²) in [5, 5.41) is 0. The molecule has 0 amide bonds. The summed E-state index contributed by atoms with van der Waals surface area (Å²) < 4.78 is 0. The lowest BCUT2D eigenvalue weighted by Gasteiger charge is -2.25. The molecule has 110 valence electrons. The molecule has 0 aliphatic heterocycles. The van der Waals surface area contributed by atoms with E-state index >= 15 is 0 Å². The highest BCUT2D eigenvalue weighted by Gasteiger charge is 2.26. The van der Waals surface area contributed by atoms with Gasteiger partial charge in [-0.25, -0.2) is 4.98 Å². The first kappa shape index (κ1) is 14.0. The number of hydrogen-bond donors (Lipinski definition) is 1. The Morgan fingerprint density at radius 3 is 3.05 bits per heavy atom. The van der Waals surface area contributed by atoms with Gasteiger partial charge in [-0.15, -0.1) is 0 Å². The van der Waals surface area contributed by atoms with Crippen molar-refractivity contribution in [2.45, 2.75) is 51.9 Å². The lowest BCUT2D eigenvalue weighted by molar-refractivity contribution is 0.578. The van der Waals surface area contributed by atoms with Crippen molar-refractivity contribution in [3.8, 4) is 0 Å². The maximum absolute atomic E-state index is 12.2. The Morgan fingerprint density at radius 1 is 1.38 bits per heavy atom. The van der Waals surface area contributed by atoms with Crippen molar-refractivity contribution in [2.75, 3.05) is 0 Å². The number of hydrogen-bond acceptors (Lipinski definition) is 3. The van der Waals surface area contributed by atoms with Gasteiger partial charge in [0.05, 0.1) is 11.4 Å². The molecule has 1 atom stereocenters. The summed E-state index contributed by atoms with van der Waals surface area (Å²) in [5.41, 5.74) is 4.05. The summed E-state index contributed by atoms with van der Waals surface area (Å²) in [5.74, 6) is 0.957. The quantitative estimate of drug-likeness (QED) is 0.942. The van der Waals surface area contributed by atoms with Crippen LogP contribution >= 0.6 is 0 Å². The SMILES string of the molecule is CCCc1nc(C2CCCc3cccnc32)c(C)c(=O)[nH]1. The largest absolute Gasteiger partial charge is 0.310 e. The predicted octanol–water partition coefficient (Wildman–Crippen LogP) is 2.89. The molecule has 2 heterocycles. The van der Waals surface area contributed by atoms with Crippen LogP contribution in [-0.4, -0.2) is 15.0 Å². The highest BCUT2D eigenvalue weighted by atomic mass is 16.1. The van der Waals surface area contributed by atoms with Crippen molar-refractivity contribution in [1.82, 2.24) is 15.0 Å². The Kier molecular flexibility index (Phi) is 3.86. The molecular weight excluding hydrogens is 262 g/mol. The first-order chi connectivity index (χ1) is 10.2. The molecule has 1 aliphatic carbocycles. The second-order valence-corrected chi connectivity index (χ2v) is 5.77. The molecule has 2 aromatic heterocycles. The zero-order chi connectivity index (χ0) is 14.8. The van der Waals surface area contributed by atoms with Crippen LogP contribution in [0, 0.1) is 6.92 Å². The number of fused-ring (bicyclic) bond motifs is 1. The van der Waals surface area contributed by atoms with Crippen LogP contribution in [0.5, 0.6) is 0 Å². The molecule has 0 saturated heterocycles. The van der Waals surface area contributed by atoms with Crippen LogP contribution in [-0.2, 0) is 12.8 Å². The van der Waals surface area contributed by atoms with Crippen LogP contribution in [0.2, 0.25) is 0 Å². The van der Waals surface area contributed by atoms with Crippen molar-refractivity contribution in [3.63, 3.8) is 0 Å². The van der Waals surface area contributed by atoms with Crippen molar-refractivity contribution < 1.29 is 0 Å². The van der Waals surface area contributed by atoms with Gasteiger partial charge in [0.25, 0.3) is 5.56 Å². The molecule has 0 aromatic carbocycles. The van der Waals surface area contributed by atoms with Crippen molar-refractivity contribution in [1.29, 1.82) is 0 Å². The van der Waals surface area contributed by atoms with E-state index in [0.717, 1.165) is 54.9 Å². The molecule has 1 unspecified atom stereocenters. The van der Waals surface area contributed by atoms with Gasteiger partial charge in [0.2, 0.25) is 0 Å². The van der Waals surface area contributed by atoms with E-state index in [0.29, 0.717) is 0 Å². The van der Waals surface area contributed by atoms with Gasteiger partial charge in [-0.2, -0.15) is 0 Å². The van der Waals surface area contributed by atoms with Gasteiger partial charge < -0.3 is 4.98 Å². The monoisotopic (exact) mass is 283 g/mol. The van der Waals surface area contributed by atoms with Crippen molar-refractivity contribution in [2.24, 2.45) is 0 Å². The summed E-state index contributed by atoms with van der Waals surface area (Å²) >= 11 is 0. The van der Waals surface area contributed by atoms with Gasteiger partial charge in [0, 0.05) is 24.1 Å². The molecule has 4 heteroatoms. The molecule has 0 radical (unpaired) electrons. The maximum atomic E-state index is 12.2. The highest BCUT2D eigenvalue weighted by molar-refractivity contribution is 5.35. The number of pyridine rings is 1. The molecule has 4 nitrogen and oxygen atoms in total. The van der Waals surface area contributed by atoms with Crippen LogP contribution in [0.15, 0.2) is 23.1 Å². The Balaban J connectivity index is 2.11. The third kappa shape index (κ3) is 2.62. The van der Waals surface area contributed by atoms with Gasteiger partial charge in [-0.3, -0.25) is 9.78 Å². The van der Waals surface area contributed by atoms with Crippen molar-refractivity contribution >= 4 is 0 Å². The number of aromatic nitrogens is 3. The summed E-state index contributed by atoms with van der Waals surface area (Å²) in [6.07, 6.45) is 6.85. The molecule has 21 heavy (non-hydrogen) atoms. The van der Waals surface area contributed by atoms with Gasteiger partial charge in [0.15, 0.2) is 0 Å². The zero-order valence-corrected chi connectivity index (χ0v) is 12.6. The molecule has 0 fully saturated rings. The molecule has 1 N–H and O–H groups in total. The van der Waals surface area contributed by atoms with E-state index in [-0.39, 0.29) is 11.5 Å². The Hall–Kier alpha value is -1.97. The summed E-state index contributed by atoms with van der Waals surface area (Å²) in [4.78, 5) is 24.4. The molecule has 0 bridgehead atoms. The minimum atomic E-state index is -0.00787. The van der Waals surface area contributed by atoms with Crippen LogP contribution < -0.4 is 5.56 Å². The number of rotatable bonds is 3. The molecule has 2 aromatic rings. The van der Waals surface area contributed by atoms with E-state index in [1.54, 1.807) is 0 Å². The highest BCUT2D eigenvalue weighted by Crippen LogP contribution is 2.34. The minimum Gasteiger partial charge on any atom is -0.310 e. The Bertz CT molecular complexity index is 705. The van der Waals surface area contributed by atoms with Gasteiger partial charge in [-0.05, 0) is 44.2 Å². The van der Waals surface area contributed by atoms with Crippen LogP contribution in [0.3, 0.4) is 0 Å². The third-order valence-corrected chi connectivity index (χ3v) is 4.25. The average molecular weight is 283 g/mol. The third-order valence-electron chi connectivity index (χ3n) is 4.25.